The van der Waals surface area contributed by atoms with Crippen LogP contribution < -0.4 is 35.6 Å². The number of nitrogens with zero attached hydrogens (tertiary/aromatic N) is 3. The summed E-state index contributed by atoms with van der Waals surface area (Å²) in [6.07, 6.45) is 22.5. The first kappa shape index (κ1) is 50.3. The summed E-state index contributed by atoms with van der Waals surface area (Å²) in [4.78, 5) is 51.1. The average Bonchev–Trinajstić information content (AvgIpc) is 3.63. The highest BCUT2D eigenvalue weighted by Gasteiger charge is 2.34. The van der Waals surface area contributed by atoms with Crippen molar-refractivity contribution in [1.29, 1.82) is 0 Å². The lowest BCUT2D eigenvalue weighted by atomic mass is 9.82. The molecule has 0 fully saturated rings. The summed E-state index contributed by atoms with van der Waals surface area (Å²) in [5.41, 5.74) is 9.42. The highest BCUT2D eigenvalue weighted by molar-refractivity contribution is 6.02. The molecule has 0 unspecified atom stereocenters. The number of amides is 2. The third-order valence-electron chi connectivity index (χ3n) is 14.9. The number of carbonyl (C=O) groups excluding carboxylic acids is 2. The molecule has 1 aliphatic carbocycles. The second kappa shape index (κ2) is 23.3. The number of carboxylic acid groups (broad SMARTS) is 1. The molecule has 2 amide bonds. The number of aliphatic hydroxyl groups excluding tert-OH is 1. The number of hydrogen-bond donors (Lipinski definition) is 4. The molecule has 0 saturated heterocycles. The smallest absolute Gasteiger partial charge is 0.336 e. The summed E-state index contributed by atoms with van der Waals surface area (Å²) in [7, 11) is 0. The molecule has 5 aromatic rings. The number of hydrogen-bond acceptors (Lipinski definition) is 9. The van der Waals surface area contributed by atoms with E-state index in [9.17, 15) is 24.6 Å². The van der Waals surface area contributed by atoms with E-state index < -0.39 is 12.1 Å². The summed E-state index contributed by atoms with van der Waals surface area (Å²) < 4.78 is 13.2. The first-order chi connectivity index (χ1) is 36.2. The van der Waals surface area contributed by atoms with Crippen LogP contribution >= 0.6 is 0 Å². The van der Waals surface area contributed by atoms with Gasteiger partial charge in [0.2, 0.25) is 5.91 Å². The van der Waals surface area contributed by atoms with Crippen LogP contribution in [-0.4, -0.2) is 98.0 Å². The fourth-order valence-electron chi connectivity index (χ4n) is 11.2. The molecule has 4 aliphatic heterocycles. The maximum Gasteiger partial charge on any atom is 0.336 e. The Bertz CT molecular complexity index is 3220. The molecule has 12 nitrogen and oxygen atoms in total. The maximum atomic E-state index is 14.4. The minimum atomic E-state index is -1.08. The van der Waals surface area contributed by atoms with Gasteiger partial charge in [0, 0.05) is 103 Å². The number of carboxylic acids is 1. The van der Waals surface area contributed by atoms with Crippen LogP contribution in [-0.2, 0) is 30.5 Å². The molecule has 1 atom stereocenters. The van der Waals surface area contributed by atoms with Gasteiger partial charge in [-0.2, -0.15) is 0 Å². The van der Waals surface area contributed by atoms with Crippen LogP contribution in [0.15, 0.2) is 126 Å². The van der Waals surface area contributed by atoms with E-state index in [4.69, 9.17) is 14.5 Å². The van der Waals surface area contributed by atoms with Gasteiger partial charge in [-0.1, -0.05) is 92.3 Å². The van der Waals surface area contributed by atoms with E-state index in [-0.39, 0.29) is 50.0 Å². The molecular formula is C62H67N5O7. The molecule has 10 rings (SSSR count). The van der Waals surface area contributed by atoms with Gasteiger partial charge in [-0.05, 0) is 122 Å². The van der Waals surface area contributed by atoms with E-state index in [1.54, 1.807) is 23.1 Å². The van der Waals surface area contributed by atoms with Crippen molar-refractivity contribution >= 4 is 39.8 Å². The first-order valence-electron chi connectivity index (χ1n) is 26.7. The Hall–Kier alpha value is -7.28. The van der Waals surface area contributed by atoms with Crippen molar-refractivity contribution in [1.82, 2.24) is 15.5 Å². The lowest BCUT2D eigenvalue weighted by molar-refractivity contribution is -0.130. The number of fused-ring (bicyclic) bond motifs is 6. The van der Waals surface area contributed by atoms with Gasteiger partial charge in [-0.25, -0.2) is 4.79 Å². The molecule has 5 aromatic carbocycles. The Balaban J connectivity index is 0.910. The second-order valence-electron chi connectivity index (χ2n) is 20.0. The number of allylic oxidation sites excluding steroid dienone is 6. The molecule has 5 aliphatic rings. The second-order valence-corrected chi connectivity index (χ2v) is 20.0. The highest BCUT2D eigenvalue weighted by atomic mass is 16.5. The molecule has 12 heteroatoms. The number of aryl methyl sites for hydroxylation is 2. The number of unbranched alkanes of at least 4 members (excludes halogenated alkanes) is 1. The van der Waals surface area contributed by atoms with Crippen molar-refractivity contribution in [2.75, 3.05) is 63.9 Å². The van der Waals surface area contributed by atoms with Crippen LogP contribution in [0.3, 0.4) is 0 Å². The number of ether oxygens (including phenoxy) is 2. The molecule has 74 heavy (non-hydrogen) atoms. The normalized spacial score (nSPS) is 17.7. The van der Waals surface area contributed by atoms with Crippen LogP contribution in [0.25, 0.3) is 16.3 Å². The molecule has 0 bridgehead atoms. The summed E-state index contributed by atoms with van der Waals surface area (Å²) in [5.74, 6) is 0.687. The fraction of sp³-hybridized carbons (Fsp3) is 0.355. The minimum Gasteiger partial charge on any atom is -0.490 e. The van der Waals surface area contributed by atoms with Crippen LogP contribution in [0.4, 0.5) is 5.69 Å². The van der Waals surface area contributed by atoms with Crippen molar-refractivity contribution in [3.63, 3.8) is 0 Å². The molecule has 382 valence electrons. The van der Waals surface area contributed by atoms with Gasteiger partial charge in [0.1, 0.15) is 30.0 Å². The maximum absolute atomic E-state index is 14.4. The topological polar surface area (TPSA) is 153 Å². The molecule has 0 aromatic heterocycles. The van der Waals surface area contributed by atoms with Crippen LogP contribution in [0, 0.1) is 0 Å². The zero-order valence-electron chi connectivity index (χ0n) is 42.5. The third kappa shape index (κ3) is 11.0. The number of rotatable bonds is 19. The van der Waals surface area contributed by atoms with Crippen LogP contribution in [0.2, 0.25) is 0 Å². The minimum absolute atomic E-state index is 0.0952. The van der Waals surface area contributed by atoms with Gasteiger partial charge in [0.25, 0.3) is 5.91 Å². The monoisotopic (exact) mass is 994 g/mol. The van der Waals surface area contributed by atoms with Gasteiger partial charge >= 0.3 is 5.97 Å². The van der Waals surface area contributed by atoms with Crippen molar-refractivity contribution in [2.24, 2.45) is 4.99 Å². The Morgan fingerprint density at radius 2 is 1.70 bits per heavy atom. The fourth-order valence-corrected chi connectivity index (χ4v) is 11.2. The van der Waals surface area contributed by atoms with Crippen molar-refractivity contribution in [3.8, 4) is 17.2 Å². The van der Waals surface area contributed by atoms with E-state index in [1.807, 2.05) is 85.0 Å². The molecule has 0 spiro atoms. The summed E-state index contributed by atoms with van der Waals surface area (Å²) in [6, 6.07) is 23.1. The predicted octanol–water partition coefficient (Wildman–Crippen LogP) is 8.47. The van der Waals surface area contributed by atoms with E-state index in [1.165, 1.54) is 16.8 Å². The molecular weight excluding hydrogens is 927 g/mol. The van der Waals surface area contributed by atoms with E-state index in [2.05, 4.69) is 34.6 Å². The van der Waals surface area contributed by atoms with Gasteiger partial charge in [-0.15, -0.1) is 0 Å². The van der Waals surface area contributed by atoms with Crippen LogP contribution in [0.5, 0.6) is 17.2 Å². The lowest BCUT2D eigenvalue weighted by Crippen LogP contribution is -2.41. The first-order valence-corrected chi connectivity index (χ1v) is 26.7. The Kier molecular flexibility index (Phi) is 15.8. The van der Waals surface area contributed by atoms with Gasteiger partial charge < -0.3 is 40.1 Å². The zero-order valence-corrected chi connectivity index (χ0v) is 42.5. The quantitative estimate of drug-likeness (QED) is 0.0586. The summed E-state index contributed by atoms with van der Waals surface area (Å²) >= 11 is 0. The van der Waals surface area contributed by atoms with Crippen molar-refractivity contribution < 1.29 is 34.1 Å². The van der Waals surface area contributed by atoms with Crippen molar-refractivity contribution in [3.05, 3.63) is 176 Å². The molecule has 0 radical (unpaired) electrons. The third-order valence-corrected chi connectivity index (χ3v) is 14.9. The summed E-state index contributed by atoms with van der Waals surface area (Å²) in [6.45, 7) is 6.33. The zero-order chi connectivity index (χ0) is 51.0. The largest absolute Gasteiger partial charge is 0.490 e. The van der Waals surface area contributed by atoms with E-state index in [0.29, 0.717) is 30.0 Å². The Labute approximate surface area is 433 Å². The number of carbonyl (C=O) groups is 3. The highest BCUT2D eigenvalue weighted by Crippen LogP contribution is 2.48. The van der Waals surface area contributed by atoms with Gasteiger partial charge in [0.15, 0.2) is 0 Å². The number of nitrogens with one attached hydrogen (secondary N) is 2. The number of benzene rings is 5. The van der Waals surface area contributed by atoms with Crippen LogP contribution in [0.1, 0.15) is 106 Å². The SMILES string of the molecule is CCCCc1cc2c(c3c1=NCCC3)Oc1c(cc3c4c1CCCN4CCCC3)C=2c1cc(C(=O)NCCN(CC2=C/C=C\C=C/C=C\2)C(=O)CCNC[C@H](O)COc2cccc3ccccc23)ccc1C(=O)O. The van der Waals surface area contributed by atoms with E-state index in [0.717, 1.165) is 145 Å². The molecule has 4 heterocycles. The van der Waals surface area contributed by atoms with E-state index >= 15 is 0 Å². The number of aromatic carboxylic acids is 1. The number of anilines is 1. The lowest BCUT2D eigenvalue weighted by Gasteiger charge is -2.36. The molecule has 4 N–H and O–H groups in total. The summed E-state index contributed by atoms with van der Waals surface area (Å²) in [5, 5.41) is 31.9. The van der Waals surface area contributed by atoms with Gasteiger partial charge in [0.05, 0.1) is 10.9 Å². The Morgan fingerprint density at radius 1 is 0.865 bits per heavy atom. The van der Waals surface area contributed by atoms with Gasteiger partial charge in [-0.3, -0.25) is 14.6 Å². The molecule has 0 saturated carbocycles. The average molecular weight is 994 g/mol. The standard InChI is InChI=1S/C62H67N5O7/c1-2-3-18-43-35-52-56(53-36-44-20-11-12-32-66-33-15-24-50(58(44)66)60(53)74-59(52)49-23-14-29-64-57(43)49)51-37-45(26-27-48(51)62(71)72)61(70)65-31-34-67(39-41-16-7-5-4-6-8-17-41)55(69)28-30-63-38-46(68)40-73-54-25-13-21-42-19-9-10-22-47(42)54/h4-10,13,16-17,19,21-22,25-27,35-37,46,63,68H,2-3,11-12,14-15,18,20,23-24,28-34,38-40H2,1H3,(H,65,70)(H,71,72)/b5-4-,6-4?,7-5?,8-6-,16-7-,17-8?,41-16?,41-17+/t46-/m0/s1. The predicted molar refractivity (Wildman–Crippen MR) is 291 cm³/mol. The number of aliphatic hydroxyl groups is 1. The Morgan fingerprint density at radius 3 is 2.59 bits per heavy atom. The van der Waals surface area contributed by atoms with Crippen molar-refractivity contribution in [2.45, 2.75) is 83.7 Å².